The molecule has 0 aromatic heterocycles. The van der Waals surface area contributed by atoms with Crippen LogP contribution in [0.5, 0.6) is 5.75 Å². The first-order chi connectivity index (χ1) is 7.97. The molecule has 1 aromatic rings. The number of aryl methyl sites for hydroxylation is 1. The fourth-order valence-corrected chi connectivity index (χ4v) is 2.17. The monoisotopic (exact) mass is 252 g/mol. The van der Waals surface area contributed by atoms with E-state index < -0.39 is 9.84 Å². The van der Waals surface area contributed by atoms with Crippen LogP contribution in [-0.2, 0) is 9.84 Å². The van der Waals surface area contributed by atoms with E-state index in [1.807, 2.05) is 31.2 Å². The fraction of sp³-hybridized carbons (Fsp3) is 0.182. The van der Waals surface area contributed by atoms with Gasteiger partial charge in [0.2, 0.25) is 15.0 Å². The van der Waals surface area contributed by atoms with Crippen molar-refractivity contribution in [3.63, 3.8) is 0 Å². The first-order valence-corrected chi connectivity index (χ1v) is 6.51. The second-order valence-corrected chi connectivity index (χ2v) is 5.45. The molecule has 17 heavy (non-hydrogen) atoms. The van der Waals surface area contributed by atoms with Crippen LogP contribution in [0.25, 0.3) is 0 Å². The molecule has 0 saturated heterocycles. The van der Waals surface area contributed by atoms with Crippen molar-refractivity contribution in [2.45, 2.75) is 6.92 Å². The first kappa shape index (κ1) is 11.7. The summed E-state index contributed by atoms with van der Waals surface area (Å²) >= 11 is 0. The van der Waals surface area contributed by atoms with E-state index >= 15 is 0 Å². The zero-order chi connectivity index (χ0) is 12.5. The van der Waals surface area contributed by atoms with Crippen LogP contribution in [0, 0.1) is 6.92 Å². The number of hydrogen-bond donors (Lipinski definition) is 1. The van der Waals surface area contributed by atoms with Crippen LogP contribution < -0.4 is 10.5 Å². The number of amidine groups is 1. The van der Waals surface area contributed by atoms with E-state index in [4.69, 9.17) is 10.5 Å². The Bertz CT molecular complexity index is 586. The van der Waals surface area contributed by atoms with E-state index in [-0.39, 0.29) is 11.8 Å². The van der Waals surface area contributed by atoms with Crippen LogP contribution >= 0.6 is 0 Å². The van der Waals surface area contributed by atoms with Gasteiger partial charge in [-0.1, -0.05) is 17.7 Å². The number of rotatable bonds is 3. The third kappa shape index (κ3) is 2.65. The molecule has 0 spiro atoms. The Labute approximate surface area is 99.5 Å². The normalized spacial score (nSPS) is 17.5. The van der Waals surface area contributed by atoms with E-state index in [9.17, 15) is 8.42 Å². The first-order valence-electron chi connectivity index (χ1n) is 4.97. The highest BCUT2D eigenvalue weighted by Gasteiger charge is 2.21. The Morgan fingerprint density at radius 3 is 2.47 bits per heavy atom. The molecule has 2 rings (SSSR count). The van der Waals surface area contributed by atoms with E-state index in [1.165, 1.54) is 0 Å². The Hall–Kier alpha value is -1.82. The van der Waals surface area contributed by atoms with E-state index in [0.29, 0.717) is 11.4 Å². The summed E-state index contributed by atoms with van der Waals surface area (Å²) in [5, 5.41) is 0.649. The smallest absolute Gasteiger partial charge is 0.234 e. The van der Waals surface area contributed by atoms with Gasteiger partial charge in [0.05, 0.1) is 11.1 Å². The summed E-state index contributed by atoms with van der Waals surface area (Å²) in [7, 11) is -3.50. The van der Waals surface area contributed by atoms with E-state index in [1.54, 1.807) is 0 Å². The molecular weight excluding hydrogens is 240 g/mol. The van der Waals surface area contributed by atoms with Gasteiger partial charge in [-0.2, -0.15) is 0 Å². The number of nitrogens with two attached hydrogens (primary N) is 1. The molecule has 0 atom stereocenters. The third-order valence-corrected chi connectivity index (χ3v) is 3.50. The summed E-state index contributed by atoms with van der Waals surface area (Å²) in [6.45, 7) is 2.06. The van der Waals surface area contributed by atoms with Crippen LogP contribution in [-0.4, -0.2) is 20.2 Å². The van der Waals surface area contributed by atoms with Crippen molar-refractivity contribution in [1.82, 2.24) is 0 Å². The lowest BCUT2D eigenvalue weighted by Gasteiger charge is -2.04. The number of ether oxygens (including phenoxy) is 1. The van der Waals surface area contributed by atoms with Crippen molar-refractivity contribution in [2.75, 3.05) is 6.61 Å². The summed E-state index contributed by atoms with van der Waals surface area (Å²) in [6, 6.07) is 7.44. The molecule has 0 saturated carbocycles. The van der Waals surface area contributed by atoms with Gasteiger partial charge in [0.15, 0.2) is 0 Å². The summed E-state index contributed by atoms with van der Waals surface area (Å²) in [5.41, 5.74) is 6.68. The van der Waals surface area contributed by atoms with Crippen molar-refractivity contribution in [1.29, 1.82) is 0 Å². The lowest BCUT2D eigenvalue weighted by atomic mass is 10.2. The minimum absolute atomic E-state index is 0.0863. The molecule has 0 aliphatic carbocycles. The summed E-state index contributed by atoms with van der Waals surface area (Å²) in [4.78, 5) is 3.72. The predicted molar refractivity (Wildman–Crippen MR) is 65.3 cm³/mol. The number of hydrogen-bond acceptors (Lipinski definition) is 5. The molecule has 0 fully saturated rings. The Morgan fingerprint density at radius 1 is 1.29 bits per heavy atom. The van der Waals surface area contributed by atoms with E-state index in [2.05, 4.69) is 4.99 Å². The summed E-state index contributed by atoms with van der Waals surface area (Å²) in [5.74, 6) is 0.662. The lowest BCUT2D eigenvalue weighted by Crippen LogP contribution is -2.18. The minimum Gasteiger partial charge on any atom is -0.487 e. The maximum Gasteiger partial charge on any atom is 0.234 e. The second-order valence-electron chi connectivity index (χ2n) is 3.71. The van der Waals surface area contributed by atoms with Crippen LogP contribution in [0.2, 0.25) is 0 Å². The Kier molecular flexibility index (Phi) is 2.89. The number of sulfone groups is 1. The number of nitrogens with zero attached hydrogens (tertiary/aromatic N) is 1. The van der Waals surface area contributed by atoms with Crippen LogP contribution in [0.3, 0.4) is 0 Å². The molecule has 0 amide bonds. The average molecular weight is 252 g/mol. The Morgan fingerprint density at radius 2 is 1.94 bits per heavy atom. The average Bonchev–Trinajstić information content (AvgIpc) is 2.52. The molecule has 0 unspecified atom stereocenters. The molecule has 5 nitrogen and oxygen atoms in total. The quantitative estimate of drug-likeness (QED) is 0.868. The van der Waals surface area contributed by atoms with Gasteiger partial charge in [0.1, 0.15) is 12.4 Å². The maximum absolute atomic E-state index is 11.2. The number of aliphatic imine (C=N–C) groups is 1. The Balaban J connectivity index is 2.03. The van der Waals surface area contributed by atoms with Crippen LogP contribution in [0.4, 0.5) is 0 Å². The molecule has 1 aliphatic heterocycles. The third-order valence-electron chi connectivity index (χ3n) is 2.24. The highest BCUT2D eigenvalue weighted by atomic mass is 32.2. The molecule has 6 heteroatoms. The highest BCUT2D eigenvalue weighted by Crippen LogP contribution is 2.16. The van der Waals surface area contributed by atoms with Gasteiger partial charge < -0.3 is 10.5 Å². The zero-order valence-electron chi connectivity index (χ0n) is 9.25. The van der Waals surface area contributed by atoms with Gasteiger partial charge in [-0.05, 0) is 19.1 Å². The minimum atomic E-state index is -3.50. The molecule has 1 aliphatic rings. The summed E-state index contributed by atoms with van der Waals surface area (Å²) < 4.78 is 27.9. The topological polar surface area (TPSA) is 81.8 Å². The molecule has 0 bridgehead atoms. The van der Waals surface area contributed by atoms with Gasteiger partial charge in [0.25, 0.3) is 0 Å². The lowest BCUT2D eigenvalue weighted by molar-refractivity contribution is 0.351. The molecule has 1 aromatic carbocycles. The van der Waals surface area contributed by atoms with Crippen molar-refractivity contribution in [2.24, 2.45) is 10.7 Å². The van der Waals surface area contributed by atoms with Crippen LogP contribution in [0.15, 0.2) is 40.4 Å². The predicted octanol–water partition coefficient (Wildman–Crippen LogP) is 0.958. The maximum atomic E-state index is 11.2. The largest absolute Gasteiger partial charge is 0.487 e. The van der Waals surface area contributed by atoms with Crippen molar-refractivity contribution in [3.8, 4) is 5.75 Å². The second kappa shape index (κ2) is 4.21. The van der Waals surface area contributed by atoms with Crippen LogP contribution in [0.1, 0.15) is 5.56 Å². The molecular formula is C11H12N2O3S. The SMILES string of the molecule is Cc1ccc(OCC2=CS(=O)(=O)C(N)=N2)cc1. The number of benzene rings is 1. The highest BCUT2D eigenvalue weighted by molar-refractivity contribution is 8.09. The van der Waals surface area contributed by atoms with Gasteiger partial charge in [-0.25, -0.2) is 13.4 Å². The van der Waals surface area contributed by atoms with Gasteiger partial charge in [0, 0.05) is 0 Å². The van der Waals surface area contributed by atoms with Gasteiger partial charge in [-0.3, -0.25) is 0 Å². The fourth-order valence-electron chi connectivity index (χ4n) is 1.33. The van der Waals surface area contributed by atoms with Crippen molar-refractivity contribution in [3.05, 3.63) is 40.9 Å². The van der Waals surface area contributed by atoms with Crippen molar-refractivity contribution < 1.29 is 13.2 Å². The molecule has 2 N–H and O–H groups in total. The van der Waals surface area contributed by atoms with Gasteiger partial charge >= 0.3 is 0 Å². The molecule has 1 heterocycles. The van der Waals surface area contributed by atoms with Gasteiger partial charge in [-0.15, -0.1) is 0 Å². The zero-order valence-corrected chi connectivity index (χ0v) is 10.1. The molecule has 0 radical (unpaired) electrons. The summed E-state index contributed by atoms with van der Waals surface area (Å²) in [6.07, 6.45) is 0. The van der Waals surface area contributed by atoms with E-state index in [0.717, 1.165) is 11.0 Å². The standard InChI is InChI=1S/C11H12N2O3S/c1-8-2-4-10(5-3-8)16-6-9-7-17(14,15)11(12)13-9/h2-5,7H,6H2,1H3,(H2,12,13). The van der Waals surface area contributed by atoms with Crippen molar-refractivity contribution >= 4 is 15.0 Å². The molecule has 90 valence electrons.